The Morgan fingerprint density at radius 2 is 1.91 bits per heavy atom. The molecule has 2 N–H and O–H groups in total. The van der Waals surface area contributed by atoms with E-state index in [1.54, 1.807) is 36.3 Å². The number of aromatic nitrogens is 1. The van der Waals surface area contributed by atoms with Gasteiger partial charge in [-0.1, -0.05) is 54.4 Å². The lowest BCUT2D eigenvalue weighted by Gasteiger charge is -2.37. The largest absolute Gasteiger partial charge is 0.444 e. The number of hydrogen-bond acceptors (Lipinski definition) is 4. The number of carbonyl (C=O) groups is 2. The summed E-state index contributed by atoms with van der Waals surface area (Å²) in [6, 6.07) is 13.3. The molecule has 0 saturated heterocycles. The molecule has 1 aromatic heterocycles. The molecule has 0 bridgehead atoms. The quantitative estimate of drug-likeness (QED) is 0.484. The van der Waals surface area contributed by atoms with Gasteiger partial charge in [-0.15, -0.1) is 0 Å². The number of urea groups is 1. The van der Waals surface area contributed by atoms with Crippen molar-refractivity contribution in [2.45, 2.75) is 44.4 Å². The number of likely N-dealkylation sites (N-methyl/N-ethyl adjacent to an activating group) is 1. The fourth-order valence-corrected chi connectivity index (χ4v) is 4.41. The smallest absolute Gasteiger partial charge is 0.413 e. The zero-order valence-electron chi connectivity index (χ0n) is 18.8. The van der Waals surface area contributed by atoms with E-state index in [1.165, 1.54) is 6.07 Å². The maximum Gasteiger partial charge on any atom is 0.413 e. The van der Waals surface area contributed by atoms with E-state index in [9.17, 15) is 14.0 Å². The van der Waals surface area contributed by atoms with Crippen molar-refractivity contribution in [2.24, 2.45) is 0 Å². The number of rotatable bonds is 5. The topological polar surface area (TPSA) is 83.6 Å². The summed E-state index contributed by atoms with van der Waals surface area (Å²) in [5, 5.41) is 7.37. The highest BCUT2D eigenvalue weighted by molar-refractivity contribution is 6.31. The summed E-state index contributed by atoms with van der Waals surface area (Å²) in [6.45, 7) is 0.0894. The first-order valence-electron chi connectivity index (χ1n) is 11.2. The molecule has 34 heavy (non-hydrogen) atoms. The van der Waals surface area contributed by atoms with Gasteiger partial charge in [0.15, 0.2) is 0 Å². The van der Waals surface area contributed by atoms with Crippen LogP contribution in [0.15, 0.2) is 54.7 Å². The molecule has 2 aromatic carbocycles. The van der Waals surface area contributed by atoms with Gasteiger partial charge in [0.2, 0.25) is 0 Å². The fraction of sp³-hybridized carbons (Fsp3) is 0.320. The molecule has 1 aliphatic rings. The fourth-order valence-electron chi connectivity index (χ4n) is 4.21. The molecule has 2 atom stereocenters. The molecule has 1 heterocycles. The standard InChI is InChI=1S/C25H26ClFN4O3/c1-31(24(32)29-15-18-9-6-10-19(27)23(18)26)20-11-4-5-12-21(20)34-25(33)30-22-13-16-7-2-3-8-17(16)14-28-22/h2-3,6-10,13-14,20-21H,4-5,11-12,15H2,1H3,(H,29,32)(H,28,30,33)/t20-,21-/m0/s1. The number of hydrogen-bond donors (Lipinski definition) is 2. The maximum absolute atomic E-state index is 13.6. The zero-order chi connectivity index (χ0) is 24.1. The second-order valence-electron chi connectivity index (χ2n) is 8.32. The van der Waals surface area contributed by atoms with Crippen molar-refractivity contribution in [2.75, 3.05) is 12.4 Å². The monoisotopic (exact) mass is 484 g/mol. The van der Waals surface area contributed by atoms with Crippen LogP contribution in [-0.4, -0.2) is 41.2 Å². The number of carbonyl (C=O) groups excluding carboxylic acids is 2. The highest BCUT2D eigenvalue weighted by atomic mass is 35.5. The number of nitrogens with zero attached hydrogens (tertiary/aromatic N) is 2. The van der Waals surface area contributed by atoms with Crippen molar-refractivity contribution < 1.29 is 18.7 Å². The summed E-state index contributed by atoms with van der Waals surface area (Å²) >= 11 is 5.97. The molecule has 3 aromatic rings. The van der Waals surface area contributed by atoms with Crippen molar-refractivity contribution in [1.82, 2.24) is 15.2 Å². The average Bonchev–Trinajstić information content (AvgIpc) is 2.84. The molecule has 3 amide bonds. The first-order valence-corrected chi connectivity index (χ1v) is 11.6. The van der Waals surface area contributed by atoms with Crippen molar-refractivity contribution in [3.8, 4) is 0 Å². The normalized spacial score (nSPS) is 17.7. The van der Waals surface area contributed by atoms with Crippen LogP contribution < -0.4 is 10.6 Å². The van der Waals surface area contributed by atoms with Gasteiger partial charge in [-0.2, -0.15) is 0 Å². The number of nitrogens with one attached hydrogen (secondary N) is 2. The highest BCUT2D eigenvalue weighted by Gasteiger charge is 2.33. The Morgan fingerprint density at radius 3 is 2.74 bits per heavy atom. The number of halogens is 2. The Balaban J connectivity index is 1.36. The van der Waals surface area contributed by atoms with Crippen molar-refractivity contribution in [3.63, 3.8) is 0 Å². The van der Waals surface area contributed by atoms with Gasteiger partial charge in [-0.05, 0) is 42.3 Å². The molecule has 4 rings (SSSR count). The van der Waals surface area contributed by atoms with Gasteiger partial charge in [0.1, 0.15) is 17.7 Å². The van der Waals surface area contributed by atoms with Crippen LogP contribution in [0.5, 0.6) is 0 Å². The van der Waals surface area contributed by atoms with Crippen LogP contribution in [0.1, 0.15) is 31.2 Å². The predicted molar refractivity (Wildman–Crippen MR) is 129 cm³/mol. The first-order chi connectivity index (χ1) is 16.4. The number of fused-ring (bicyclic) bond motifs is 1. The third-order valence-electron chi connectivity index (χ3n) is 6.07. The minimum atomic E-state index is -0.611. The molecule has 0 aliphatic heterocycles. The number of amides is 3. The molecule has 7 nitrogen and oxygen atoms in total. The SMILES string of the molecule is CN(C(=O)NCc1cccc(F)c1Cl)[C@H]1CCCC[C@@H]1OC(=O)Nc1cc2ccccc2cn1. The van der Waals surface area contributed by atoms with Crippen molar-refractivity contribution in [1.29, 1.82) is 0 Å². The van der Waals surface area contributed by atoms with Crippen LogP contribution in [0.3, 0.4) is 0 Å². The molecule has 1 saturated carbocycles. The Morgan fingerprint density at radius 1 is 1.15 bits per heavy atom. The Kier molecular flexibility index (Phi) is 7.47. The molecule has 0 unspecified atom stereocenters. The minimum Gasteiger partial charge on any atom is -0.444 e. The third kappa shape index (κ3) is 5.56. The van der Waals surface area contributed by atoms with Gasteiger partial charge >= 0.3 is 12.1 Å². The Hall–Kier alpha value is -3.39. The highest BCUT2D eigenvalue weighted by Crippen LogP contribution is 2.26. The molecule has 1 aliphatic carbocycles. The Bertz CT molecular complexity index is 1190. The molecule has 9 heteroatoms. The lowest BCUT2D eigenvalue weighted by atomic mass is 9.91. The summed E-state index contributed by atoms with van der Waals surface area (Å²) in [6.07, 6.45) is 3.80. The van der Waals surface area contributed by atoms with E-state index in [0.717, 1.165) is 23.6 Å². The molecule has 1 fully saturated rings. The first kappa shape index (κ1) is 23.8. The van der Waals surface area contributed by atoms with Crippen molar-refractivity contribution in [3.05, 3.63) is 71.1 Å². The van der Waals surface area contributed by atoms with Crippen LogP contribution in [0.2, 0.25) is 5.02 Å². The van der Waals surface area contributed by atoms with Crippen LogP contribution in [0, 0.1) is 5.82 Å². The summed E-state index contributed by atoms with van der Waals surface area (Å²) in [5.74, 6) is -0.136. The van der Waals surface area contributed by atoms with Crippen LogP contribution in [0.25, 0.3) is 10.8 Å². The van der Waals surface area contributed by atoms with Gasteiger partial charge in [-0.25, -0.2) is 19.0 Å². The van der Waals surface area contributed by atoms with Crippen LogP contribution >= 0.6 is 11.6 Å². The number of ether oxygens (including phenoxy) is 1. The molecule has 0 radical (unpaired) electrons. The molecular weight excluding hydrogens is 459 g/mol. The summed E-state index contributed by atoms with van der Waals surface area (Å²) in [4.78, 5) is 31.2. The van der Waals surface area contributed by atoms with Crippen molar-refractivity contribution >= 4 is 40.3 Å². The van der Waals surface area contributed by atoms with E-state index in [2.05, 4.69) is 15.6 Å². The van der Waals surface area contributed by atoms with Crippen LogP contribution in [0.4, 0.5) is 19.8 Å². The maximum atomic E-state index is 13.6. The summed E-state index contributed by atoms with van der Waals surface area (Å²) in [7, 11) is 1.66. The molecular formula is C25H26ClFN4O3. The number of anilines is 1. The predicted octanol–water partition coefficient (Wildman–Crippen LogP) is 5.73. The van der Waals surface area contributed by atoms with Gasteiger partial charge in [-0.3, -0.25) is 5.32 Å². The number of benzene rings is 2. The molecule has 178 valence electrons. The lowest BCUT2D eigenvalue weighted by molar-refractivity contribution is 0.0301. The van der Waals surface area contributed by atoms with E-state index >= 15 is 0 Å². The van der Waals surface area contributed by atoms with Gasteiger partial charge in [0.25, 0.3) is 0 Å². The van der Waals surface area contributed by atoms with E-state index in [4.69, 9.17) is 16.3 Å². The van der Waals surface area contributed by atoms with E-state index in [1.807, 2.05) is 24.3 Å². The number of pyridine rings is 1. The summed E-state index contributed by atoms with van der Waals surface area (Å²) in [5.41, 5.74) is 0.488. The minimum absolute atomic E-state index is 0.0108. The van der Waals surface area contributed by atoms with E-state index in [-0.39, 0.29) is 23.6 Å². The van der Waals surface area contributed by atoms with Gasteiger partial charge in [0.05, 0.1) is 11.1 Å². The second-order valence-corrected chi connectivity index (χ2v) is 8.70. The Labute approximate surface area is 202 Å². The van der Waals surface area contributed by atoms with E-state index in [0.29, 0.717) is 24.2 Å². The average molecular weight is 485 g/mol. The second kappa shape index (κ2) is 10.7. The third-order valence-corrected chi connectivity index (χ3v) is 6.49. The molecule has 0 spiro atoms. The van der Waals surface area contributed by atoms with E-state index < -0.39 is 18.0 Å². The zero-order valence-corrected chi connectivity index (χ0v) is 19.5. The summed E-state index contributed by atoms with van der Waals surface area (Å²) < 4.78 is 19.4. The lowest BCUT2D eigenvalue weighted by Crippen LogP contribution is -2.51. The van der Waals surface area contributed by atoms with Gasteiger partial charge < -0.3 is 15.0 Å². The van der Waals surface area contributed by atoms with Gasteiger partial charge in [0, 0.05) is 25.2 Å². The van der Waals surface area contributed by atoms with Crippen LogP contribution in [-0.2, 0) is 11.3 Å².